The number of pyridine rings is 1. The Hall–Kier alpha value is -2.25. The van der Waals surface area contributed by atoms with Gasteiger partial charge in [0, 0.05) is 35.9 Å². The van der Waals surface area contributed by atoms with Crippen LogP contribution in [0.5, 0.6) is 11.5 Å². The molecule has 1 aromatic carbocycles. The van der Waals surface area contributed by atoms with Gasteiger partial charge in [-0.05, 0) is 30.9 Å². The molecule has 6 nitrogen and oxygen atoms in total. The van der Waals surface area contributed by atoms with Crippen molar-refractivity contribution in [3.63, 3.8) is 0 Å². The number of ether oxygens (including phenoxy) is 2. The summed E-state index contributed by atoms with van der Waals surface area (Å²) in [7, 11) is 3.17. The molecule has 0 amide bonds. The van der Waals surface area contributed by atoms with Crippen molar-refractivity contribution < 1.29 is 14.0 Å². The van der Waals surface area contributed by atoms with Crippen LogP contribution in [0.2, 0.25) is 0 Å². The summed E-state index contributed by atoms with van der Waals surface area (Å²) in [5, 5.41) is 0.333. The summed E-state index contributed by atoms with van der Waals surface area (Å²) in [5.41, 5.74) is 4.76. The quantitative estimate of drug-likeness (QED) is 0.710. The Kier molecular flexibility index (Phi) is 4.50. The summed E-state index contributed by atoms with van der Waals surface area (Å²) in [6, 6.07) is 5.76. The maximum atomic E-state index is 13.2. The van der Waals surface area contributed by atoms with Crippen LogP contribution in [0.3, 0.4) is 0 Å². The number of hydrogen-bond donors (Lipinski definition) is 1. The summed E-state index contributed by atoms with van der Waals surface area (Å²) >= 11 is -1.30. The third-order valence-corrected chi connectivity index (χ3v) is 6.32. The summed E-state index contributed by atoms with van der Waals surface area (Å²) in [6.45, 7) is 2.04. The van der Waals surface area contributed by atoms with Crippen LogP contribution in [0.4, 0.5) is 0 Å². The van der Waals surface area contributed by atoms with Crippen molar-refractivity contribution in [2.45, 2.75) is 36.6 Å². The summed E-state index contributed by atoms with van der Waals surface area (Å²) in [6.07, 6.45) is 4.70. The van der Waals surface area contributed by atoms with E-state index in [4.69, 9.17) is 9.47 Å². The van der Waals surface area contributed by atoms with Gasteiger partial charge in [0.25, 0.3) is 0 Å². The zero-order valence-electron chi connectivity index (χ0n) is 15.0. The molecule has 1 N–H and O–H groups in total. The minimum Gasteiger partial charge on any atom is -0.608 e. The predicted molar refractivity (Wildman–Crippen MR) is 100 cm³/mol. The molecule has 0 bridgehead atoms. The molecule has 4 rings (SSSR count). The lowest BCUT2D eigenvalue weighted by Crippen LogP contribution is -2.21. The second-order valence-electron chi connectivity index (χ2n) is 6.50. The van der Waals surface area contributed by atoms with Gasteiger partial charge in [-0.2, -0.15) is 4.98 Å². The summed E-state index contributed by atoms with van der Waals surface area (Å²) < 4.78 is 23.9. The molecule has 2 aromatic heterocycles. The molecular formula is C19H21N3O3S. The number of nitrogens with one attached hydrogen (secondary N) is 1. The first-order valence-corrected chi connectivity index (χ1v) is 9.79. The van der Waals surface area contributed by atoms with Gasteiger partial charge < -0.3 is 14.0 Å². The molecule has 1 aliphatic carbocycles. The minimum absolute atomic E-state index is 0.135. The minimum atomic E-state index is -1.30. The number of nitrogens with zero attached hydrogens (tertiary/aromatic N) is 2. The van der Waals surface area contributed by atoms with Crippen LogP contribution < -0.4 is 9.47 Å². The van der Waals surface area contributed by atoms with Crippen molar-refractivity contribution in [1.82, 2.24) is 15.0 Å². The van der Waals surface area contributed by atoms with Gasteiger partial charge in [-0.3, -0.25) is 9.97 Å². The SMILES string of the molecule is COc1cc2nc([S+]([O-])C3CCCc4cc(C)cnc43)[nH]c2cc1OC. The molecule has 0 fully saturated rings. The van der Waals surface area contributed by atoms with E-state index < -0.39 is 11.2 Å². The van der Waals surface area contributed by atoms with Gasteiger partial charge in [-0.25, -0.2) is 0 Å². The maximum absolute atomic E-state index is 13.2. The number of hydrogen-bond acceptors (Lipinski definition) is 5. The number of methoxy groups -OCH3 is 2. The third kappa shape index (κ3) is 2.91. The van der Waals surface area contributed by atoms with Crippen LogP contribution in [0.1, 0.15) is 34.9 Å². The second kappa shape index (κ2) is 6.81. The molecule has 1 aliphatic rings. The lowest BCUT2D eigenvalue weighted by atomic mass is 9.95. The van der Waals surface area contributed by atoms with E-state index in [9.17, 15) is 4.55 Å². The summed E-state index contributed by atoms with van der Waals surface area (Å²) in [5.74, 6) is 1.21. The van der Waals surface area contributed by atoms with Crippen molar-refractivity contribution in [2.24, 2.45) is 0 Å². The molecule has 3 aromatic rings. The van der Waals surface area contributed by atoms with E-state index in [0.717, 1.165) is 36.0 Å². The molecule has 0 saturated carbocycles. The van der Waals surface area contributed by atoms with Gasteiger partial charge in [0.15, 0.2) is 16.7 Å². The highest BCUT2D eigenvalue weighted by molar-refractivity contribution is 7.91. The average molecular weight is 371 g/mol. The van der Waals surface area contributed by atoms with Gasteiger partial charge in [0.1, 0.15) is 0 Å². The van der Waals surface area contributed by atoms with E-state index in [1.165, 1.54) is 5.56 Å². The molecule has 2 heterocycles. The second-order valence-corrected chi connectivity index (χ2v) is 8.05. The van der Waals surface area contributed by atoms with Crippen LogP contribution in [-0.2, 0) is 17.6 Å². The lowest BCUT2D eigenvalue weighted by Gasteiger charge is -2.25. The number of imidazole rings is 1. The number of fused-ring (bicyclic) bond motifs is 2. The third-order valence-electron chi connectivity index (χ3n) is 4.77. The number of H-pyrrole nitrogens is 1. The van der Waals surface area contributed by atoms with Gasteiger partial charge in [0.2, 0.25) is 0 Å². The van der Waals surface area contributed by atoms with Crippen molar-refractivity contribution in [1.29, 1.82) is 0 Å². The first-order chi connectivity index (χ1) is 12.6. The van der Waals surface area contributed by atoms with Crippen molar-refractivity contribution in [3.8, 4) is 11.5 Å². The molecule has 7 heteroatoms. The molecule has 2 atom stereocenters. The number of aromatic nitrogens is 3. The van der Waals surface area contributed by atoms with Crippen LogP contribution >= 0.6 is 0 Å². The zero-order chi connectivity index (χ0) is 18.3. The van der Waals surface area contributed by atoms with Crippen LogP contribution in [0.25, 0.3) is 11.0 Å². The Bertz CT molecular complexity index is 916. The maximum Gasteiger partial charge on any atom is 0.322 e. The number of aryl methyl sites for hydroxylation is 2. The topological polar surface area (TPSA) is 83.1 Å². The number of rotatable bonds is 4. The largest absolute Gasteiger partial charge is 0.608 e. The van der Waals surface area contributed by atoms with Crippen LogP contribution in [-0.4, -0.2) is 33.7 Å². The summed E-state index contributed by atoms with van der Waals surface area (Å²) in [4.78, 5) is 12.3. The normalized spacial score (nSPS) is 17.8. The van der Waals surface area contributed by atoms with E-state index in [1.807, 2.05) is 19.2 Å². The Morgan fingerprint density at radius 2 is 1.96 bits per heavy atom. The number of benzene rings is 1. The van der Waals surface area contributed by atoms with Crippen LogP contribution in [0.15, 0.2) is 29.6 Å². The monoisotopic (exact) mass is 371 g/mol. The van der Waals surface area contributed by atoms with E-state index in [1.54, 1.807) is 20.3 Å². The lowest BCUT2D eigenvalue weighted by molar-refractivity contribution is 0.356. The number of aromatic amines is 1. The first-order valence-electron chi connectivity index (χ1n) is 8.58. The van der Waals surface area contributed by atoms with E-state index >= 15 is 0 Å². The molecule has 0 aliphatic heterocycles. The fraction of sp³-hybridized carbons (Fsp3) is 0.368. The van der Waals surface area contributed by atoms with Crippen molar-refractivity contribution in [3.05, 3.63) is 41.2 Å². The van der Waals surface area contributed by atoms with E-state index in [-0.39, 0.29) is 5.25 Å². The Morgan fingerprint density at radius 3 is 2.73 bits per heavy atom. The van der Waals surface area contributed by atoms with E-state index in [0.29, 0.717) is 22.2 Å². The van der Waals surface area contributed by atoms with Gasteiger partial charge in [0.05, 0.1) is 30.9 Å². The van der Waals surface area contributed by atoms with E-state index in [2.05, 4.69) is 21.0 Å². The highest BCUT2D eigenvalue weighted by Crippen LogP contribution is 2.38. The molecule has 0 spiro atoms. The Labute approximate surface area is 155 Å². The zero-order valence-corrected chi connectivity index (χ0v) is 15.9. The van der Waals surface area contributed by atoms with Gasteiger partial charge in [-0.15, -0.1) is 0 Å². The molecule has 0 radical (unpaired) electrons. The molecular weight excluding hydrogens is 350 g/mol. The molecule has 2 unspecified atom stereocenters. The highest BCUT2D eigenvalue weighted by atomic mass is 32.2. The Balaban J connectivity index is 1.72. The standard InChI is InChI=1S/C19H21N3O3S/c1-11-7-12-5-4-6-17(18(12)20-10-11)26(23)19-21-13-8-15(24-2)16(25-3)9-14(13)22-19/h7-10,17H,4-6H2,1-3H3,(H,21,22). The van der Waals surface area contributed by atoms with Crippen molar-refractivity contribution in [2.75, 3.05) is 14.2 Å². The Morgan fingerprint density at radius 1 is 1.19 bits per heavy atom. The van der Waals surface area contributed by atoms with Gasteiger partial charge in [-0.1, -0.05) is 6.07 Å². The predicted octanol–water partition coefficient (Wildman–Crippen LogP) is 3.47. The molecule has 0 saturated heterocycles. The first kappa shape index (κ1) is 17.2. The average Bonchev–Trinajstić information content (AvgIpc) is 3.08. The molecule has 136 valence electrons. The van der Waals surface area contributed by atoms with Gasteiger partial charge >= 0.3 is 5.16 Å². The molecule has 26 heavy (non-hydrogen) atoms. The fourth-order valence-electron chi connectivity index (χ4n) is 3.50. The van der Waals surface area contributed by atoms with Crippen LogP contribution in [0, 0.1) is 6.92 Å². The smallest absolute Gasteiger partial charge is 0.322 e. The highest BCUT2D eigenvalue weighted by Gasteiger charge is 2.35. The fourth-order valence-corrected chi connectivity index (χ4v) is 4.96. The van der Waals surface area contributed by atoms with Crippen molar-refractivity contribution >= 4 is 22.2 Å².